The fourth-order valence-electron chi connectivity index (χ4n) is 9.61. The molecule has 6 heteroatoms. The number of rotatable bonds is 5. The van der Waals surface area contributed by atoms with E-state index >= 15 is 0 Å². The van der Waals surface area contributed by atoms with Crippen LogP contribution < -0.4 is 20.1 Å². The van der Waals surface area contributed by atoms with Gasteiger partial charge in [0.15, 0.2) is 0 Å². The van der Waals surface area contributed by atoms with Crippen LogP contribution in [0.3, 0.4) is 0 Å². The molecule has 2 N–H and O–H groups in total. The number of fused-ring (bicyclic) bond motifs is 3. The number of amides is 2. The first-order valence-corrected chi connectivity index (χ1v) is 20.8. The number of imide groups is 1. The molecule has 0 spiro atoms. The van der Waals surface area contributed by atoms with Gasteiger partial charge >= 0.3 is 0 Å². The molecule has 302 valence electrons. The van der Waals surface area contributed by atoms with Gasteiger partial charge in [-0.15, -0.1) is 0 Å². The Bertz CT molecular complexity index is 2430. The Labute approximate surface area is 345 Å². The van der Waals surface area contributed by atoms with E-state index in [1.807, 2.05) is 20.8 Å². The van der Waals surface area contributed by atoms with Gasteiger partial charge in [0.05, 0.1) is 28.7 Å². The summed E-state index contributed by atoms with van der Waals surface area (Å²) >= 11 is 0. The summed E-state index contributed by atoms with van der Waals surface area (Å²) in [6, 6.07) is 24.8. The van der Waals surface area contributed by atoms with Gasteiger partial charge in [0.2, 0.25) is 0 Å². The van der Waals surface area contributed by atoms with Gasteiger partial charge in [0.25, 0.3) is 11.8 Å². The van der Waals surface area contributed by atoms with Crippen LogP contribution in [0.4, 0.5) is 11.4 Å². The third kappa shape index (κ3) is 6.40. The monoisotopic (exact) mass is 776 g/mol. The summed E-state index contributed by atoms with van der Waals surface area (Å²) < 4.78 is 13.0. The molecule has 0 saturated carbocycles. The molecule has 2 atom stereocenters. The Morgan fingerprint density at radius 2 is 0.914 bits per heavy atom. The molecule has 0 radical (unpaired) electrons. The summed E-state index contributed by atoms with van der Waals surface area (Å²) in [7, 11) is 0. The molecular formula is C52H60N2O4. The molecule has 0 fully saturated rings. The van der Waals surface area contributed by atoms with Crippen LogP contribution in [-0.4, -0.2) is 23.0 Å². The number of nitrogen functional groups attached to an aromatic ring is 1. The van der Waals surface area contributed by atoms with E-state index in [1.165, 1.54) is 38.3 Å². The van der Waals surface area contributed by atoms with Crippen molar-refractivity contribution < 1.29 is 19.1 Å². The van der Waals surface area contributed by atoms with Gasteiger partial charge in [-0.3, -0.25) is 9.59 Å². The summed E-state index contributed by atoms with van der Waals surface area (Å²) in [5.41, 5.74) is 21.9. The Kier molecular flexibility index (Phi) is 10.2. The molecule has 3 aliphatic rings. The van der Waals surface area contributed by atoms with Crippen molar-refractivity contribution in [3.63, 3.8) is 0 Å². The molecule has 0 aromatic heterocycles. The highest BCUT2D eigenvalue weighted by molar-refractivity contribution is 6.35. The molecule has 5 aromatic rings. The Morgan fingerprint density at radius 3 is 1.31 bits per heavy atom. The predicted octanol–water partition coefficient (Wildman–Crippen LogP) is 12.5. The van der Waals surface area contributed by atoms with Gasteiger partial charge in [-0.2, -0.15) is 0 Å². The van der Waals surface area contributed by atoms with E-state index in [9.17, 15) is 9.59 Å². The summed E-state index contributed by atoms with van der Waals surface area (Å²) in [5.74, 6) is 2.57. The number of carbonyl (C=O) groups excluding carboxylic acids is 2. The van der Waals surface area contributed by atoms with Crippen molar-refractivity contribution >= 4 is 23.2 Å². The molecule has 5 aromatic carbocycles. The van der Waals surface area contributed by atoms with Crippen LogP contribution in [0.2, 0.25) is 0 Å². The van der Waals surface area contributed by atoms with Crippen molar-refractivity contribution in [2.24, 2.45) is 0 Å². The Balaban J connectivity index is 0.000000188. The van der Waals surface area contributed by atoms with Gasteiger partial charge < -0.3 is 15.2 Å². The maximum absolute atomic E-state index is 13.4. The minimum Gasteiger partial charge on any atom is -0.486 e. The summed E-state index contributed by atoms with van der Waals surface area (Å²) in [4.78, 5) is 28.1. The first-order chi connectivity index (χ1) is 27.2. The number of carbonyl (C=O) groups is 2. The van der Waals surface area contributed by atoms with Gasteiger partial charge in [-0.1, -0.05) is 88.4 Å². The highest BCUT2D eigenvalue weighted by Gasteiger charge is 2.48. The van der Waals surface area contributed by atoms with Gasteiger partial charge in [-0.05, 0) is 149 Å². The van der Waals surface area contributed by atoms with Gasteiger partial charge in [0.1, 0.15) is 22.7 Å². The van der Waals surface area contributed by atoms with Crippen LogP contribution in [0, 0.1) is 41.5 Å². The van der Waals surface area contributed by atoms with Gasteiger partial charge in [-0.25, -0.2) is 4.90 Å². The average molecular weight is 777 g/mol. The van der Waals surface area contributed by atoms with Crippen LogP contribution in [0.25, 0.3) is 0 Å². The number of hydrogen-bond acceptors (Lipinski definition) is 5. The molecule has 3 heterocycles. The average Bonchev–Trinajstić information content (AvgIpc) is 3.74. The first kappa shape index (κ1) is 40.8. The molecule has 0 aliphatic carbocycles. The van der Waals surface area contributed by atoms with E-state index in [0.29, 0.717) is 28.7 Å². The quantitative estimate of drug-likeness (QED) is 0.142. The zero-order chi connectivity index (χ0) is 42.3. The van der Waals surface area contributed by atoms with Crippen LogP contribution in [0.5, 0.6) is 11.5 Å². The van der Waals surface area contributed by atoms with Crippen molar-refractivity contribution in [2.75, 3.05) is 10.6 Å². The zero-order valence-electron chi connectivity index (χ0n) is 36.9. The van der Waals surface area contributed by atoms with Crippen molar-refractivity contribution in [3.05, 3.63) is 151 Å². The van der Waals surface area contributed by atoms with Crippen molar-refractivity contribution in [1.29, 1.82) is 0 Å². The van der Waals surface area contributed by atoms with E-state index in [-0.39, 0.29) is 29.3 Å². The van der Waals surface area contributed by atoms with E-state index in [1.54, 1.807) is 24.3 Å². The fourth-order valence-corrected chi connectivity index (χ4v) is 9.61. The number of nitrogens with two attached hydrogens (primary N) is 1. The second-order valence-electron chi connectivity index (χ2n) is 18.4. The summed E-state index contributed by atoms with van der Waals surface area (Å²) in [6.45, 7) is 29.8. The normalized spacial score (nSPS) is 18.4. The minimum absolute atomic E-state index is 0.0167. The molecule has 0 bridgehead atoms. The highest BCUT2D eigenvalue weighted by Crippen LogP contribution is 2.55. The van der Waals surface area contributed by atoms with Crippen LogP contribution in [-0.2, 0) is 0 Å². The number of ether oxygens (including phenoxy) is 2. The molecule has 3 aliphatic heterocycles. The topological polar surface area (TPSA) is 81.9 Å². The predicted molar refractivity (Wildman–Crippen MR) is 237 cm³/mol. The molecule has 2 amide bonds. The van der Waals surface area contributed by atoms with E-state index in [4.69, 9.17) is 15.2 Å². The number of anilines is 2. The second kappa shape index (κ2) is 14.5. The van der Waals surface area contributed by atoms with Crippen molar-refractivity contribution in [1.82, 2.24) is 0 Å². The smallest absolute Gasteiger partial charge is 0.266 e. The zero-order valence-corrected chi connectivity index (χ0v) is 36.9. The lowest BCUT2D eigenvalue weighted by molar-refractivity contribution is 0.0925. The molecule has 58 heavy (non-hydrogen) atoms. The molecule has 0 saturated heterocycles. The van der Waals surface area contributed by atoms with Crippen LogP contribution >= 0.6 is 0 Å². The number of hydrogen-bond donors (Lipinski definition) is 1. The third-order valence-corrected chi connectivity index (χ3v) is 13.2. The number of benzene rings is 5. The lowest BCUT2D eigenvalue weighted by Crippen LogP contribution is -2.32. The lowest BCUT2D eigenvalue weighted by Gasteiger charge is -2.28. The summed E-state index contributed by atoms with van der Waals surface area (Å²) in [5, 5.41) is 0. The standard InChI is InChI=1S/C30H31NO3.C22H29NO/c1-16(2)20-12-14-21(15-13-20)25-24-19(5)26(17(3)18(4)27(24)34-30(25,6)7)31-28(32)22-10-8-9-11-23(22)29(31)33;1-12(2)16-8-10-17(11-9-16)19-18-15(5)20(23)13(3)14(4)21(18)24-22(19,6)7/h8-16,25H,1-7H3;8-12,19H,23H2,1-7H3. The first-order valence-electron chi connectivity index (χ1n) is 20.8. The largest absolute Gasteiger partial charge is 0.486 e. The highest BCUT2D eigenvalue weighted by atomic mass is 16.5. The van der Waals surface area contributed by atoms with E-state index in [0.717, 1.165) is 50.6 Å². The van der Waals surface area contributed by atoms with Gasteiger partial charge in [0, 0.05) is 16.8 Å². The third-order valence-electron chi connectivity index (χ3n) is 13.2. The Morgan fingerprint density at radius 1 is 0.534 bits per heavy atom. The second-order valence-corrected chi connectivity index (χ2v) is 18.4. The van der Waals surface area contributed by atoms with Crippen molar-refractivity contribution in [2.45, 2.75) is 132 Å². The molecular weight excluding hydrogens is 717 g/mol. The molecule has 6 nitrogen and oxygen atoms in total. The van der Waals surface area contributed by atoms with Crippen molar-refractivity contribution in [3.8, 4) is 11.5 Å². The lowest BCUT2D eigenvalue weighted by atomic mass is 9.78. The van der Waals surface area contributed by atoms with E-state index in [2.05, 4.69) is 125 Å². The maximum Gasteiger partial charge on any atom is 0.266 e. The summed E-state index contributed by atoms with van der Waals surface area (Å²) in [6.07, 6.45) is 0. The van der Waals surface area contributed by atoms with Crippen LogP contribution in [0.15, 0.2) is 72.8 Å². The minimum atomic E-state index is -0.468. The molecule has 8 rings (SSSR count). The Hall–Kier alpha value is -5.36. The SMILES string of the molecule is Cc1c(C)c(N2C(=O)c3ccccc3C2=O)c(C)c2c1OC(C)(C)C2c1ccc(C(C)C)cc1.Cc1c(C)c2c(c(C)c1N)C(c1ccc(C(C)C)cc1)C(C)(C)O2. The fraction of sp³-hybridized carbons (Fsp3) is 0.385. The maximum atomic E-state index is 13.4. The number of nitrogens with zero attached hydrogens (tertiary/aromatic N) is 1. The molecule has 2 unspecified atom stereocenters. The van der Waals surface area contributed by atoms with Crippen LogP contribution in [0.1, 0.15) is 167 Å². The van der Waals surface area contributed by atoms with E-state index < -0.39 is 5.60 Å².